The van der Waals surface area contributed by atoms with Crippen LogP contribution in [0.1, 0.15) is 31.6 Å². The van der Waals surface area contributed by atoms with Crippen LogP contribution in [0, 0.1) is 0 Å². The number of thiophene rings is 1. The third-order valence-electron chi connectivity index (χ3n) is 3.13. The molecule has 0 aromatic carbocycles. The summed E-state index contributed by atoms with van der Waals surface area (Å²) in [6, 6.07) is 4.82. The van der Waals surface area contributed by atoms with Crippen LogP contribution in [-0.4, -0.2) is 9.55 Å². The molecule has 16 heavy (non-hydrogen) atoms. The Bertz CT molecular complexity index is 515. The normalized spacial score (nSPS) is 19.8. The number of fused-ring (bicyclic) bond motifs is 1. The second kappa shape index (κ2) is 4.00. The van der Waals surface area contributed by atoms with Crippen LogP contribution in [0.4, 0.5) is 0 Å². The van der Waals surface area contributed by atoms with Crippen LogP contribution < -0.4 is 0 Å². The zero-order chi connectivity index (χ0) is 11.1. The van der Waals surface area contributed by atoms with E-state index >= 15 is 0 Å². The van der Waals surface area contributed by atoms with Crippen LogP contribution in [0.25, 0.3) is 10.6 Å². The van der Waals surface area contributed by atoms with Crippen molar-refractivity contribution in [1.82, 2.24) is 9.55 Å². The molecule has 3 heterocycles. The van der Waals surface area contributed by atoms with Gasteiger partial charge >= 0.3 is 0 Å². The fraction of sp³-hybridized carbons (Fsp3) is 0.417. The Kier molecular flexibility index (Phi) is 2.64. The van der Waals surface area contributed by atoms with Gasteiger partial charge in [-0.05, 0) is 47.8 Å². The minimum atomic E-state index is 0.605. The van der Waals surface area contributed by atoms with Crippen molar-refractivity contribution in [1.29, 1.82) is 0 Å². The molecule has 2 aromatic heterocycles. The van der Waals surface area contributed by atoms with E-state index in [2.05, 4.69) is 45.8 Å². The van der Waals surface area contributed by atoms with Gasteiger partial charge in [-0.1, -0.05) is 0 Å². The molecule has 3 rings (SSSR count). The number of imidazole rings is 1. The van der Waals surface area contributed by atoms with Gasteiger partial charge in [-0.15, -0.1) is 11.3 Å². The van der Waals surface area contributed by atoms with Crippen LogP contribution in [0.2, 0.25) is 0 Å². The monoisotopic (exact) mass is 296 g/mol. The summed E-state index contributed by atoms with van der Waals surface area (Å²) < 4.78 is 3.51. The molecule has 2 aromatic rings. The molecule has 0 fully saturated rings. The van der Waals surface area contributed by atoms with E-state index in [0.29, 0.717) is 6.04 Å². The van der Waals surface area contributed by atoms with Gasteiger partial charge in [0.25, 0.3) is 0 Å². The van der Waals surface area contributed by atoms with E-state index in [0.717, 1.165) is 12.1 Å². The smallest absolute Gasteiger partial charge is 0.109 e. The van der Waals surface area contributed by atoms with E-state index in [4.69, 9.17) is 4.98 Å². The van der Waals surface area contributed by atoms with Gasteiger partial charge in [0.15, 0.2) is 0 Å². The molecule has 0 N–H and O–H groups in total. The first-order chi connectivity index (χ1) is 7.74. The molecule has 0 saturated heterocycles. The lowest BCUT2D eigenvalue weighted by molar-refractivity contribution is 0.426. The van der Waals surface area contributed by atoms with E-state index in [1.54, 1.807) is 11.3 Å². The van der Waals surface area contributed by atoms with Crippen molar-refractivity contribution in [3.8, 4) is 10.6 Å². The molecule has 0 amide bonds. The topological polar surface area (TPSA) is 17.8 Å². The first-order valence-electron chi connectivity index (χ1n) is 5.57. The molecule has 4 heteroatoms. The summed E-state index contributed by atoms with van der Waals surface area (Å²) in [6.07, 6.45) is 5.87. The third-order valence-corrected chi connectivity index (χ3v) is 4.78. The third kappa shape index (κ3) is 1.74. The quantitative estimate of drug-likeness (QED) is 0.768. The second-order valence-electron chi connectivity index (χ2n) is 4.29. The standard InChI is InChI=1S/C12H13BrN2S/c1-8-3-2-4-12-14-9(7-15(8)12)10-5-6-11(13)16-10/h5-8H,2-4H2,1H3/t8-/m1/s1. The number of rotatable bonds is 1. The van der Waals surface area contributed by atoms with E-state index in [1.165, 1.54) is 27.3 Å². The van der Waals surface area contributed by atoms with E-state index < -0.39 is 0 Å². The van der Waals surface area contributed by atoms with Gasteiger partial charge in [0, 0.05) is 18.7 Å². The SMILES string of the molecule is C[C@@H]1CCCc2nc(-c3ccc(Br)s3)cn21. The molecule has 2 nitrogen and oxygen atoms in total. The second-order valence-corrected chi connectivity index (χ2v) is 6.76. The summed E-state index contributed by atoms with van der Waals surface area (Å²) in [5.41, 5.74) is 1.12. The Hall–Kier alpha value is -0.610. The van der Waals surface area contributed by atoms with Crippen molar-refractivity contribution in [2.75, 3.05) is 0 Å². The van der Waals surface area contributed by atoms with Gasteiger partial charge < -0.3 is 4.57 Å². The zero-order valence-corrected chi connectivity index (χ0v) is 11.5. The summed E-state index contributed by atoms with van der Waals surface area (Å²) in [5, 5.41) is 0. The summed E-state index contributed by atoms with van der Waals surface area (Å²) in [7, 11) is 0. The molecule has 1 atom stereocenters. The minimum absolute atomic E-state index is 0.605. The molecule has 0 bridgehead atoms. The van der Waals surface area contributed by atoms with E-state index in [9.17, 15) is 0 Å². The van der Waals surface area contributed by atoms with Crippen molar-refractivity contribution in [2.45, 2.75) is 32.2 Å². The molecular formula is C12H13BrN2S. The van der Waals surface area contributed by atoms with E-state index in [1.807, 2.05) is 0 Å². The lowest BCUT2D eigenvalue weighted by atomic mass is 10.1. The first-order valence-corrected chi connectivity index (χ1v) is 7.18. The van der Waals surface area contributed by atoms with Gasteiger partial charge in [0.1, 0.15) is 5.82 Å². The first kappa shape index (κ1) is 10.5. The van der Waals surface area contributed by atoms with Crippen LogP contribution in [-0.2, 0) is 6.42 Å². The molecule has 0 unspecified atom stereocenters. The van der Waals surface area contributed by atoms with Crippen LogP contribution >= 0.6 is 27.3 Å². The zero-order valence-electron chi connectivity index (χ0n) is 9.11. The highest BCUT2D eigenvalue weighted by Crippen LogP contribution is 2.33. The Morgan fingerprint density at radius 3 is 3.06 bits per heavy atom. The molecule has 1 aliphatic heterocycles. The summed E-state index contributed by atoms with van der Waals surface area (Å²) in [6.45, 7) is 2.28. The van der Waals surface area contributed by atoms with Crippen molar-refractivity contribution in [3.63, 3.8) is 0 Å². The van der Waals surface area contributed by atoms with Crippen LogP contribution in [0.15, 0.2) is 22.1 Å². The number of nitrogens with zero attached hydrogens (tertiary/aromatic N) is 2. The lowest BCUT2D eigenvalue weighted by Crippen LogP contribution is -2.14. The molecule has 0 spiro atoms. The highest BCUT2D eigenvalue weighted by atomic mass is 79.9. The van der Waals surface area contributed by atoms with Gasteiger partial charge in [0.05, 0.1) is 14.4 Å². The number of aryl methyl sites for hydroxylation is 1. The molecule has 1 aliphatic rings. The highest BCUT2D eigenvalue weighted by Gasteiger charge is 2.18. The van der Waals surface area contributed by atoms with Gasteiger partial charge in [-0.2, -0.15) is 0 Å². The minimum Gasteiger partial charge on any atom is -0.331 e. The average molecular weight is 297 g/mol. The Morgan fingerprint density at radius 1 is 1.50 bits per heavy atom. The Labute approximate surface area is 107 Å². The molecule has 0 aliphatic carbocycles. The van der Waals surface area contributed by atoms with Gasteiger partial charge in [0.2, 0.25) is 0 Å². The van der Waals surface area contributed by atoms with E-state index in [-0.39, 0.29) is 0 Å². The molecule has 84 valence electrons. The molecule has 0 radical (unpaired) electrons. The predicted molar refractivity (Wildman–Crippen MR) is 70.9 cm³/mol. The average Bonchev–Trinajstić information content (AvgIpc) is 2.84. The van der Waals surface area contributed by atoms with Gasteiger partial charge in [-0.3, -0.25) is 0 Å². The fourth-order valence-electron chi connectivity index (χ4n) is 2.26. The number of halogens is 1. The highest BCUT2D eigenvalue weighted by molar-refractivity contribution is 9.11. The largest absolute Gasteiger partial charge is 0.331 e. The predicted octanol–water partition coefficient (Wildman–Crippen LogP) is 4.27. The van der Waals surface area contributed by atoms with Crippen LogP contribution in [0.5, 0.6) is 0 Å². The maximum atomic E-state index is 4.74. The van der Waals surface area contributed by atoms with Crippen molar-refractivity contribution in [3.05, 3.63) is 27.9 Å². The molecular weight excluding hydrogens is 284 g/mol. The molecule has 0 saturated carbocycles. The van der Waals surface area contributed by atoms with Gasteiger partial charge in [-0.25, -0.2) is 4.98 Å². The number of aromatic nitrogens is 2. The van der Waals surface area contributed by atoms with Crippen LogP contribution in [0.3, 0.4) is 0 Å². The summed E-state index contributed by atoms with van der Waals surface area (Å²) in [4.78, 5) is 5.99. The lowest BCUT2D eigenvalue weighted by Gasteiger charge is -2.20. The Morgan fingerprint density at radius 2 is 2.38 bits per heavy atom. The summed E-state index contributed by atoms with van der Waals surface area (Å²) >= 11 is 5.24. The summed E-state index contributed by atoms with van der Waals surface area (Å²) in [5.74, 6) is 1.25. The maximum Gasteiger partial charge on any atom is 0.109 e. The van der Waals surface area contributed by atoms with Crippen molar-refractivity contribution in [2.24, 2.45) is 0 Å². The Balaban J connectivity index is 2.04. The maximum absolute atomic E-state index is 4.74. The van der Waals surface area contributed by atoms with Crippen molar-refractivity contribution < 1.29 is 0 Å². The number of hydrogen-bond donors (Lipinski definition) is 0. The van der Waals surface area contributed by atoms with Crippen molar-refractivity contribution >= 4 is 27.3 Å². The fourth-order valence-corrected chi connectivity index (χ4v) is 3.60. The number of hydrogen-bond acceptors (Lipinski definition) is 2.